The molecular formula is C19H19FN4O3S. The predicted octanol–water partition coefficient (Wildman–Crippen LogP) is 2.46. The summed E-state index contributed by atoms with van der Waals surface area (Å²) >= 11 is 0. The molecule has 0 radical (unpaired) electrons. The number of nitrogens with two attached hydrogens (primary N) is 1. The lowest BCUT2D eigenvalue weighted by Crippen LogP contribution is -2.15. The van der Waals surface area contributed by atoms with Crippen LogP contribution in [0.25, 0.3) is 5.69 Å². The SMILES string of the molecule is Cc1cc(C)n(-c2ccc(NC(=O)Cc3ccc(S(N)(=O)=O)cc3)cc2F)n1. The Morgan fingerprint density at radius 3 is 2.36 bits per heavy atom. The summed E-state index contributed by atoms with van der Waals surface area (Å²) in [7, 11) is -3.78. The van der Waals surface area contributed by atoms with Crippen molar-refractivity contribution in [3.63, 3.8) is 0 Å². The zero-order chi connectivity index (χ0) is 20.5. The number of aromatic nitrogens is 2. The molecule has 0 unspecified atom stereocenters. The molecule has 146 valence electrons. The number of hydrogen-bond donors (Lipinski definition) is 2. The maximum Gasteiger partial charge on any atom is 0.238 e. The molecule has 0 atom stereocenters. The van der Waals surface area contributed by atoms with Crippen LogP contribution in [0.2, 0.25) is 0 Å². The van der Waals surface area contributed by atoms with E-state index in [9.17, 15) is 17.6 Å². The molecule has 0 aliphatic rings. The van der Waals surface area contributed by atoms with E-state index in [1.807, 2.05) is 19.9 Å². The minimum Gasteiger partial charge on any atom is -0.326 e. The van der Waals surface area contributed by atoms with Crippen molar-refractivity contribution in [1.82, 2.24) is 9.78 Å². The molecule has 0 saturated carbocycles. The van der Waals surface area contributed by atoms with E-state index in [-0.39, 0.29) is 17.2 Å². The average molecular weight is 402 g/mol. The Kier molecular flexibility index (Phi) is 5.30. The summed E-state index contributed by atoms with van der Waals surface area (Å²) in [5.41, 5.74) is 2.79. The average Bonchev–Trinajstić information content (AvgIpc) is 2.92. The van der Waals surface area contributed by atoms with E-state index < -0.39 is 15.8 Å². The molecule has 0 aliphatic heterocycles. The molecule has 9 heteroatoms. The molecule has 3 N–H and O–H groups in total. The largest absolute Gasteiger partial charge is 0.326 e. The first-order valence-corrected chi connectivity index (χ1v) is 9.93. The van der Waals surface area contributed by atoms with Crippen molar-refractivity contribution >= 4 is 21.6 Å². The van der Waals surface area contributed by atoms with E-state index in [4.69, 9.17) is 5.14 Å². The van der Waals surface area contributed by atoms with Crippen molar-refractivity contribution in [3.05, 3.63) is 71.3 Å². The highest BCUT2D eigenvalue weighted by atomic mass is 32.2. The van der Waals surface area contributed by atoms with Gasteiger partial charge < -0.3 is 5.32 Å². The number of rotatable bonds is 5. The monoisotopic (exact) mass is 402 g/mol. The third-order valence-electron chi connectivity index (χ3n) is 4.09. The summed E-state index contributed by atoms with van der Waals surface area (Å²) in [5.74, 6) is -0.872. The van der Waals surface area contributed by atoms with Gasteiger partial charge >= 0.3 is 0 Å². The second kappa shape index (κ2) is 7.53. The Bertz CT molecular complexity index is 1140. The molecule has 0 saturated heterocycles. The summed E-state index contributed by atoms with van der Waals surface area (Å²) in [6.45, 7) is 3.65. The molecule has 28 heavy (non-hydrogen) atoms. The van der Waals surface area contributed by atoms with Crippen LogP contribution < -0.4 is 10.5 Å². The predicted molar refractivity (Wildman–Crippen MR) is 103 cm³/mol. The standard InChI is InChI=1S/C19H19FN4O3S/c1-12-9-13(2)24(23-12)18-8-5-15(11-17(18)20)22-19(25)10-14-3-6-16(7-4-14)28(21,26)27/h3-9,11H,10H2,1-2H3,(H,22,25)(H2,21,26,27). The van der Waals surface area contributed by atoms with Gasteiger partial charge in [-0.05, 0) is 55.8 Å². The van der Waals surface area contributed by atoms with Crippen molar-refractivity contribution in [3.8, 4) is 5.69 Å². The molecule has 7 nitrogen and oxygen atoms in total. The van der Waals surface area contributed by atoms with Gasteiger partial charge in [-0.25, -0.2) is 22.6 Å². The molecule has 3 rings (SSSR count). The van der Waals surface area contributed by atoms with Crippen molar-refractivity contribution in [2.75, 3.05) is 5.32 Å². The van der Waals surface area contributed by atoms with Gasteiger partial charge in [0.15, 0.2) is 5.82 Å². The number of nitrogens with zero attached hydrogens (tertiary/aromatic N) is 2. The summed E-state index contributed by atoms with van der Waals surface area (Å²) < 4.78 is 38.5. The van der Waals surface area contributed by atoms with Crippen molar-refractivity contribution in [2.24, 2.45) is 5.14 Å². The van der Waals surface area contributed by atoms with E-state index >= 15 is 0 Å². The quantitative estimate of drug-likeness (QED) is 0.683. The van der Waals surface area contributed by atoms with Gasteiger partial charge in [0.1, 0.15) is 5.69 Å². The molecular weight excluding hydrogens is 383 g/mol. The topological polar surface area (TPSA) is 107 Å². The fraction of sp³-hybridized carbons (Fsp3) is 0.158. The van der Waals surface area contributed by atoms with Crippen LogP contribution in [0.1, 0.15) is 17.0 Å². The third kappa shape index (κ3) is 4.44. The summed E-state index contributed by atoms with van der Waals surface area (Å²) in [6.07, 6.45) is 0.00568. The van der Waals surface area contributed by atoms with Gasteiger partial charge in [0.2, 0.25) is 15.9 Å². The van der Waals surface area contributed by atoms with Gasteiger partial charge in [0.25, 0.3) is 0 Å². The highest BCUT2D eigenvalue weighted by Gasteiger charge is 2.12. The van der Waals surface area contributed by atoms with Crippen LogP contribution in [0.15, 0.2) is 53.4 Å². The van der Waals surface area contributed by atoms with Crippen LogP contribution in [0.4, 0.5) is 10.1 Å². The second-order valence-corrected chi connectivity index (χ2v) is 7.98. The van der Waals surface area contributed by atoms with Crippen LogP contribution in [0.5, 0.6) is 0 Å². The highest BCUT2D eigenvalue weighted by Crippen LogP contribution is 2.20. The van der Waals surface area contributed by atoms with Gasteiger partial charge in [-0.15, -0.1) is 0 Å². The molecule has 2 aromatic carbocycles. The van der Waals surface area contributed by atoms with Gasteiger partial charge in [-0.1, -0.05) is 12.1 Å². The van der Waals surface area contributed by atoms with Crippen LogP contribution in [-0.2, 0) is 21.2 Å². The smallest absolute Gasteiger partial charge is 0.238 e. The van der Waals surface area contributed by atoms with Gasteiger partial charge in [0, 0.05) is 11.4 Å². The van der Waals surface area contributed by atoms with Crippen LogP contribution >= 0.6 is 0 Å². The van der Waals surface area contributed by atoms with E-state index in [1.54, 1.807) is 12.1 Å². The van der Waals surface area contributed by atoms with E-state index in [0.717, 1.165) is 11.4 Å². The highest BCUT2D eigenvalue weighted by molar-refractivity contribution is 7.89. The lowest BCUT2D eigenvalue weighted by Gasteiger charge is -2.10. The van der Waals surface area contributed by atoms with Gasteiger partial charge in [0.05, 0.1) is 17.0 Å². The molecule has 1 aromatic heterocycles. The van der Waals surface area contributed by atoms with Crippen LogP contribution in [-0.4, -0.2) is 24.1 Å². The molecule has 1 amide bonds. The second-order valence-electron chi connectivity index (χ2n) is 6.42. The Hall–Kier alpha value is -3.04. The number of carbonyl (C=O) groups is 1. The third-order valence-corrected chi connectivity index (χ3v) is 5.02. The van der Waals surface area contributed by atoms with Gasteiger partial charge in [-0.2, -0.15) is 5.10 Å². The van der Waals surface area contributed by atoms with Gasteiger partial charge in [-0.3, -0.25) is 4.79 Å². The van der Waals surface area contributed by atoms with Crippen LogP contribution in [0, 0.1) is 19.7 Å². The van der Waals surface area contributed by atoms with Crippen LogP contribution in [0.3, 0.4) is 0 Å². The fourth-order valence-corrected chi connectivity index (χ4v) is 3.33. The number of sulfonamides is 1. The number of amides is 1. The Labute approximate surface area is 162 Å². The zero-order valence-corrected chi connectivity index (χ0v) is 16.1. The minimum atomic E-state index is -3.78. The number of aryl methyl sites for hydroxylation is 2. The molecule has 0 aliphatic carbocycles. The number of anilines is 1. The number of nitrogens with one attached hydrogen (secondary N) is 1. The van der Waals surface area contributed by atoms with Crippen molar-refractivity contribution in [2.45, 2.75) is 25.2 Å². The number of halogens is 1. The molecule has 0 bridgehead atoms. The molecule has 3 aromatic rings. The maximum atomic E-state index is 14.5. The number of primary sulfonamides is 1. The lowest BCUT2D eigenvalue weighted by molar-refractivity contribution is -0.115. The Morgan fingerprint density at radius 2 is 1.82 bits per heavy atom. The normalized spacial score (nSPS) is 11.4. The van der Waals surface area contributed by atoms with Crippen molar-refractivity contribution in [1.29, 1.82) is 0 Å². The summed E-state index contributed by atoms with van der Waals surface area (Å²) in [5, 5.41) is 11.9. The first-order valence-electron chi connectivity index (χ1n) is 8.38. The number of carbonyl (C=O) groups excluding carboxylic acids is 1. The fourth-order valence-electron chi connectivity index (χ4n) is 2.82. The number of hydrogen-bond acceptors (Lipinski definition) is 4. The Morgan fingerprint density at radius 1 is 1.14 bits per heavy atom. The van der Waals surface area contributed by atoms with E-state index in [0.29, 0.717) is 16.9 Å². The first kappa shape index (κ1) is 19.7. The number of benzene rings is 2. The van der Waals surface area contributed by atoms with Crippen molar-refractivity contribution < 1.29 is 17.6 Å². The summed E-state index contributed by atoms with van der Waals surface area (Å²) in [4.78, 5) is 12.2. The summed E-state index contributed by atoms with van der Waals surface area (Å²) in [6, 6.07) is 11.9. The Balaban J connectivity index is 1.71. The zero-order valence-electron chi connectivity index (χ0n) is 15.3. The molecule has 0 spiro atoms. The minimum absolute atomic E-state index is 0.00568. The first-order chi connectivity index (χ1) is 13.1. The van der Waals surface area contributed by atoms with E-state index in [2.05, 4.69) is 10.4 Å². The molecule has 1 heterocycles. The van der Waals surface area contributed by atoms with E-state index in [1.165, 1.54) is 35.0 Å². The molecule has 0 fully saturated rings. The maximum absolute atomic E-state index is 14.5. The lowest BCUT2D eigenvalue weighted by atomic mass is 10.1.